The number of benzene rings is 9. The van der Waals surface area contributed by atoms with Gasteiger partial charge in [0, 0.05) is 9.79 Å². The summed E-state index contributed by atoms with van der Waals surface area (Å²) in [5, 5.41) is 10.2. The predicted molar refractivity (Wildman–Crippen MR) is 224 cm³/mol. The number of thiol groups is 2. The highest BCUT2D eigenvalue weighted by Gasteiger charge is 2.40. The zero-order chi connectivity index (χ0) is 33.1. The quantitative estimate of drug-likeness (QED) is 0.105. The fourth-order valence-electron chi connectivity index (χ4n) is 8.93. The van der Waals surface area contributed by atoms with Crippen LogP contribution in [0.25, 0.3) is 65.3 Å². The Morgan fingerprint density at radius 2 is 0.580 bits per heavy atom. The van der Waals surface area contributed by atoms with Gasteiger partial charge in [-0.1, -0.05) is 130 Å². The summed E-state index contributed by atoms with van der Waals surface area (Å²) in [5.74, 6) is 0. The van der Waals surface area contributed by atoms with E-state index in [4.69, 9.17) is 0 Å². The molecule has 0 saturated carbocycles. The van der Waals surface area contributed by atoms with Crippen molar-refractivity contribution in [3.8, 4) is 22.3 Å². The molecule has 0 aromatic heterocycles. The number of hydrogen-bond donors (Lipinski definition) is 2. The first-order valence-electron chi connectivity index (χ1n) is 17.3. The second kappa shape index (κ2) is 10.7. The van der Waals surface area contributed by atoms with Crippen molar-refractivity contribution in [1.82, 2.24) is 0 Å². The van der Waals surface area contributed by atoms with E-state index in [-0.39, 0.29) is 13.4 Å². The fraction of sp³-hybridized carbons (Fsp3) is 0. The van der Waals surface area contributed by atoms with Crippen LogP contribution in [0.4, 0.5) is 0 Å². The van der Waals surface area contributed by atoms with E-state index >= 15 is 0 Å². The molecule has 4 heteroatoms. The summed E-state index contributed by atoms with van der Waals surface area (Å²) in [6.45, 7) is 0.260. The van der Waals surface area contributed by atoms with Gasteiger partial charge in [0.1, 0.15) is 0 Å². The van der Waals surface area contributed by atoms with Gasteiger partial charge in [0.15, 0.2) is 0 Å². The number of rotatable bonds is 2. The molecule has 0 amide bonds. The molecule has 11 rings (SSSR count). The highest BCUT2D eigenvalue weighted by Crippen LogP contribution is 2.35. The third kappa shape index (κ3) is 4.25. The molecule has 50 heavy (non-hydrogen) atoms. The van der Waals surface area contributed by atoms with E-state index < -0.39 is 0 Å². The van der Waals surface area contributed by atoms with E-state index in [2.05, 4.69) is 183 Å². The lowest BCUT2D eigenvalue weighted by molar-refractivity contribution is 1.50. The molecule has 2 aliphatic heterocycles. The fourth-order valence-corrected chi connectivity index (χ4v) is 9.23. The van der Waals surface area contributed by atoms with Gasteiger partial charge in [-0.25, -0.2) is 0 Å². The lowest BCUT2D eigenvalue weighted by Crippen LogP contribution is -2.50. The molecule has 0 bridgehead atoms. The van der Waals surface area contributed by atoms with Crippen molar-refractivity contribution in [2.45, 2.75) is 9.79 Å². The van der Waals surface area contributed by atoms with Crippen LogP contribution in [-0.2, 0) is 0 Å². The Kier molecular flexibility index (Phi) is 6.12. The molecule has 0 atom stereocenters. The Morgan fingerprint density at radius 3 is 0.940 bits per heavy atom. The molecular formula is C46H28B2S2. The topological polar surface area (TPSA) is 0 Å². The lowest BCUT2D eigenvalue weighted by atomic mass is 9.37. The molecule has 0 saturated heterocycles. The third-order valence-corrected chi connectivity index (χ3v) is 11.8. The van der Waals surface area contributed by atoms with Crippen LogP contribution < -0.4 is 32.8 Å². The standard InChI is InChI=1S/C46H28B2S2/c49-37-13-9-35(10-14-37)47-43-23-33-19-29-7-3-1-5-27(29)17-31(33)21-39(43)41-25-46-42(26-45(41)47)40-22-32-18-28-6-2-4-8-30(28)20-34(32)24-44(40)48(46)36-11-15-38(50)16-12-36/h1-26,49-50H. The van der Waals surface area contributed by atoms with Crippen LogP contribution in [0.3, 0.4) is 0 Å². The Morgan fingerprint density at radius 1 is 0.280 bits per heavy atom. The maximum absolute atomic E-state index is 4.65. The molecule has 230 valence electrons. The molecular weight excluding hydrogens is 638 g/mol. The Balaban J connectivity index is 1.20. The maximum Gasteiger partial charge on any atom is 0.242 e. The summed E-state index contributed by atoms with van der Waals surface area (Å²) in [6.07, 6.45) is 0. The SMILES string of the molecule is Sc1ccc(B2c3cc4c(cc3-c3cc5cc6ccccc6cc5cc32)B(c2ccc(S)cc2)c2cc3cc5ccccc5cc3cc2-4)cc1. The molecule has 0 unspecified atom stereocenters. The van der Waals surface area contributed by atoms with E-state index in [1.807, 2.05) is 0 Å². The molecule has 2 heterocycles. The molecule has 0 N–H and O–H groups in total. The normalized spacial score (nSPS) is 12.9. The molecule has 0 aliphatic carbocycles. The van der Waals surface area contributed by atoms with Gasteiger partial charge in [0.25, 0.3) is 0 Å². The zero-order valence-corrected chi connectivity index (χ0v) is 28.8. The minimum absolute atomic E-state index is 0.130. The van der Waals surface area contributed by atoms with Crippen LogP contribution in [-0.4, -0.2) is 13.4 Å². The van der Waals surface area contributed by atoms with Crippen molar-refractivity contribution in [2.24, 2.45) is 0 Å². The average molecular weight is 666 g/mol. The van der Waals surface area contributed by atoms with Crippen molar-refractivity contribution < 1.29 is 0 Å². The molecule has 9 aromatic rings. The van der Waals surface area contributed by atoms with Crippen molar-refractivity contribution in [2.75, 3.05) is 0 Å². The highest BCUT2D eigenvalue weighted by molar-refractivity contribution is 7.80. The molecule has 2 aliphatic rings. The first-order valence-corrected chi connectivity index (χ1v) is 18.1. The van der Waals surface area contributed by atoms with Gasteiger partial charge < -0.3 is 0 Å². The summed E-state index contributed by atoms with van der Waals surface area (Å²) in [4.78, 5) is 1.96. The third-order valence-electron chi connectivity index (χ3n) is 11.2. The number of fused-ring (bicyclic) bond motifs is 10. The summed E-state index contributed by atoms with van der Waals surface area (Å²) < 4.78 is 0. The predicted octanol–water partition coefficient (Wildman–Crippen LogP) is 7.87. The first kappa shape index (κ1) is 28.7. The van der Waals surface area contributed by atoms with Crippen LogP contribution in [0, 0.1) is 0 Å². The van der Waals surface area contributed by atoms with Crippen LogP contribution in [0.5, 0.6) is 0 Å². The van der Waals surface area contributed by atoms with E-state index in [1.54, 1.807) is 0 Å². The highest BCUT2D eigenvalue weighted by atomic mass is 32.1. The molecule has 0 nitrogen and oxygen atoms in total. The second-order valence-electron chi connectivity index (χ2n) is 14.0. The van der Waals surface area contributed by atoms with Gasteiger partial charge in [-0.05, 0) is 126 Å². The Labute approximate surface area is 302 Å². The van der Waals surface area contributed by atoms with Crippen LogP contribution in [0.2, 0.25) is 0 Å². The zero-order valence-electron chi connectivity index (χ0n) is 27.1. The van der Waals surface area contributed by atoms with E-state index in [0.29, 0.717) is 0 Å². The summed E-state index contributed by atoms with van der Waals surface area (Å²) in [6, 6.07) is 59.2. The van der Waals surface area contributed by atoms with Crippen LogP contribution in [0.15, 0.2) is 168 Å². The second-order valence-corrected chi connectivity index (χ2v) is 15.1. The van der Waals surface area contributed by atoms with E-state index in [9.17, 15) is 0 Å². The summed E-state index contributed by atoms with van der Waals surface area (Å²) in [7, 11) is 0. The van der Waals surface area contributed by atoms with E-state index in [1.165, 1.54) is 98.1 Å². The van der Waals surface area contributed by atoms with Crippen LogP contribution >= 0.6 is 25.3 Å². The van der Waals surface area contributed by atoms with Crippen molar-refractivity contribution in [3.63, 3.8) is 0 Å². The van der Waals surface area contributed by atoms with Gasteiger partial charge in [0.2, 0.25) is 13.4 Å². The van der Waals surface area contributed by atoms with E-state index in [0.717, 1.165) is 9.79 Å². The molecule has 0 fully saturated rings. The molecule has 0 radical (unpaired) electrons. The first-order chi connectivity index (χ1) is 24.6. The van der Waals surface area contributed by atoms with Gasteiger partial charge in [-0.2, -0.15) is 0 Å². The Hall–Kier alpha value is -5.15. The number of hydrogen-bond acceptors (Lipinski definition) is 2. The Bertz CT molecular complexity index is 2690. The largest absolute Gasteiger partial charge is 0.242 e. The van der Waals surface area contributed by atoms with Crippen LogP contribution in [0.1, 0.15) is 0 Å². The molecule has 0 spiro atoms. The van der Waals surface area contributed by atoms with Gasteiger partial charge in [-0.3, -0.25) is 0 Å². The van der Waals surface area contributed by atoms with Crippen molar-refractivity contribution in [3.05, 3.63) is 158 Å². The van der Waals surface area contributed by atoms with Gasteiger partial charge in [0.05, 0.1) is 0 Å². The van der Waals surface area contributed by atoms with Gasteiger partial charge >= 0.3 is 0 Å². The minimum Gasteiger partial charge on any atom is -0.143 e. The van der Waals surface area contributed by atoms with Crippen molar-refractivity contribution >= 4 is 115 Å². The smallest absolute Gasteiger partial charge is 0.143 e. The maximum atomic E-state index is 4.65. The lowest BCUT2D eigenvalue weighted by Gasteiger charge is -2.14. The molecule has 9 aromatic carbocycles. The average Bonchev–Trinajstić information content (AvgIpc) is 3.61. The summed E-state index contributed by atoms with van der Waals surface area (Å²) in [5.41, 5.74) is 13.5. The minimum atomic E-state index is 0.130. The van der Waals surface area contributed by atoms with Gasteiger partial charge in [-0.15, -0.1) is 25.3 Å². The summed E-state index contributed by atoms with van der Waals surface area (Å²) >= 11 is 9.30. The monoisotopic (exact) mass is 666 g/mol. The van der Waals surface area contributed by atoms with Crippen molar-refractivity contribution in [1.29, 1.82) is 0 Å².